The third-order valence-electron chi connectivity index (χ3n) is 4.91. The number of benzene rings is 1. The highest BCUT2D eigenvalue weighted by Crippen LogP contribution is 2.24. The van der Waals surface area contributed by atoms with Crippen LogP contribution in [0.2, 0.25) is 0 Å². The van der Waals surface area contributed by atoms with Gasteiger partial charge in [-0.25, -0.2) is 0 Å². The SMILES string of the molecule is N#Cc1ccc(OCCN2CCN(C3CCCC3)CC2)cc1. The van der Waals surface area contributed by atoms with Crippen LogP contribution in [0, 0.1) is 11.3 Å². The molecule has 1 aliphatic carbocycles. The molecule has 0 N–H and O–H groups in total. The minimum atomic E-state index is 0.676. The van der Waals surface area contributed by atoms with E-state index in [9.17, 15) is 0 Å². The van der Waals surface area contributed by atoms with Gasteiger partial charge in [-0.1, -0.05) is 12.8 Å². The highest BCUT2D eigenvalue weighted by molar-refractivity contribution is 5.34. The van der Waals surface area contributed by atoms with Crippen molar-refractivity contribution >= 4 is 0 Å². The van der Waals surface area contributed by atoms with Gasteiger partial charge in [0.1, 0.15) is 12.4 Å². The molecule has 2 aliphatic rings. The van der Waals surface area contributed by atoms with Crippen molar-refractivity contribution in [2.24, 2.45) is 0 Å². The smallest absolute Gasteiger partial charge is 0.119 e. The van der Waals surface area contributed by atoms with E-state index >= 15 is 0 Å². The fourth-order valence-corrected chi connectivity index (χ4v) is 3.54. The number of nitrogens with zero attached hydrogens (tertiary/aromatic N) is 3. The van der Waals surface area contributed by atoms with Gasteiger partial charge in [-0.2, -0.15) is 5.26 Å². The first-order valence-corrected chi connectivity index (χ1v) is 8.44. The van der Waals surface area contributed by atoms with E-state index in [1.54, 1.807) is 12.1 Å². The van der Waals surface area contributed by atoms with Crippen LogP contribution in [0.5, 0.6) is 5.75 Å². The molecule has 3 rings (SSSR count). The van der Waals surface area contributed by atoms with Gasteiger partial charge < -0.3 is 4.74 Å². The van der Waals surface area contributed by atoms with Gasteiger partial charge in [0, 0.05) is 38.8 Å². The molecule has 1 aliphatic heterocycles. The molecule has 22 heavy (non-hydrogen) atoms. The summed E-state index contributed by atoms with van der Waals surface area (Å²) in [5.74, 6) is 0.851. The summed E-state index contributed by atoms with van der Waals surface area (Å²) in [5, 5.41) is 8.77. The molecule has 0 spiro atoms. The number of rotatable bonds is 5. The van der Waals surface area contributed by atoms with E-state index in [0.717, 1.165) is 38.0 Å². The Morgan fingerprint density at radius 3 is 2.36 bits per heavy atom. The Bertz CT molecular complexity index is 494. The number of ether oxygens (including phenoxy) is 1. The number of piperazine rings is 1. The van der Waals surface area contributed by atoms with Crippen LogP contribution in [0.15, 0.2) is 24.3 Å². The maximum absolute atomic E-state index is 8.77. The molecule has 4 nitrogen and oxygen atoms in total. The fraction of sp³-hybridized carbons (Fsp3) is 0.611. The Balaban J connectivity index is 1.35. The molecule has 4 heteroatoms. The summed E-state index contributed by atoms with van der Waals surface area (Å²) in [6.45, 7) is 6.44. The molecule has 0 atom stereocenters. The van der Waals surface area contributed by atoms with Crippen LogP contribution < -0.4 is 4.74 Å². The van der Waals surface area contributed by atoms with Crippen molar-refractivity contribution in [1.82, 2.24) is 9.80 Å². The predicted octanol–water partition coefficient (Wildman–Crippen LogP) is 2.50. The van der Waals surface area contributed by atoms with Gasteiger partial charge in [-0.3, -0.25) is 9.80 Å². The Kier molecular flexibility index (Phi) is 5.31. The van der Waals surface area contributed by atoms with E-state index in [4.69, 9.17) is 10.00 Å². The van der Waals surface area contributed by atoms with Crippen molar-refractivity contribution in [3.05, 3.63) is 29.8 Å². The molecule has 1 aromatic rings. The Morgan fingerprint density at radius 2 is 1.73 bits per heavy atom. The molecule has 0 unspecified atom stereocenters. The normalized spacial score (nSPS) is 20.9. The van der Waals surface area contributed by atoms with E-state index in [-0.39, 0.29) is 0 Å². The quantitative estimate of drug-likeness (QED) is 0.837. The van der Waals surface area contributed by atoms with E-state index in [1.165, 1.54) is 38.8 Å². The zero-order valence-electron chi connectivity index (χ0n) is 13.2. The maximum Gasteiger partial charge on any atom is 0.119 e. The van der Waals surface area contributed by atoms with Crippen molar-refractivity contribution in [1.29, 1.82) is 5.26 Å². The van der Waals surface area contributed by atoms with Gasteiger partial charge in [-0.05, 0) is 37.1 Å². The van der Waals surface area contributed by atoms with Crippen molar-refractivity contribution in [3.63, 3.8) is 0 Å². The molecule has 1 saturated carbocycles. The second-order valence-electron chi connectivity index (χ2n) is 6.30. The lowest BCUT2D eigenvalue weighted by molar-refractivity contribution is 0.0881. The molecule has 1 aromatic carbocycles. The third-order valence-corrected chi connectivity index (χ3v) is 4.91. The van der Waals surface area contributed by atoms with Gasteiger partial charge in [0.05, 0.1) is 11.6 Å². The van der Waals surface area contributed by atoms with Crippen LogP contribution in [0.1, 0.15) is 31.2 Å². The third kappa shape index (κ3) is 4.00. The number of hydrogen-bond donors (Lipinski definition) is 0. The summed E-state index contributed by atoms with van der Waals surface area (Å²) >= 11 is 0. The molecular formula is C18H25N3O. The van der Waals surface area contributed by atoms with Gasteiger partial charge in [0.15, 0.2) is 0 Å². The zero-order valence-corrected chi connectivity index (χ0v) is 13.2. The summed E-state index contributed by atoms with van der Waals surface area (Å²) < 4.78 is 5.77. The highest BCUT2D eigenvalue weighted by atomic mass is 16.5. The molecule has 1 saturated heterocycles. The molecule has 2 fully saturated rings. The lowest BCUT2D eigenvalue weighted by Gasteiger charge is -2.38. The van der Waals surface area contributed by atoms with Crippen LogP contribution in [0.3, 0.4) is 0 Å². The Morgan fingerprint density at radius 1 is 1.05 bits per heavy atom. The lowest BCUT2D eigenvalue weighted by atomic mass is 10.2. The van der Waals surface area contributed by atoms with Gasteiger partial charge in [-0.15, -0.1) is 0 Å². The largest absolute Gasteiger partial charge is 0.492 e. The highest BCUT2D eigenvalue weighted by Gasteiger charge is 2.25. The standard InChI is InChI=1S/C18H25N3O/c19-15-16-5-7-18(8-6-16)22-14-13-20-9-11-21(12-10-20)17-3-1-2-4-17/h5-8,17H,1-4,9-14H2. The molecule has 0 radical (unpaired) electrons. The van der Waals surface area contributed by atoms with E-state index < -0.39 is 0 Å². The van der Waals surface area contributed by atoms with Gasteiger partial charge >= 0.3 is 0 Å². The van der Waals surface area contributed by atoms with Crippen molar-refractivity contribution in [2.75, 3.05) is 39.3 Å². The van der Waals surface area contributed by atoms with Gasteiger partial charge in [0.2, 0.25) is 0 Å². The first-order chi connectivity index (χ1) is 10.8. The van der Waals surface area contributed by atoms with Crippen molar-refractivity contribution < 1.29 is 4.74 Å². The molecule has 0 bridgehead atoms. The van der Waals surface area contributed by atoms with Crippen LogP contribution in [-0.2, 0) is 0 Å². The topological polar surface area (TPSA) is 39.5 Å². The summed E-state index contributed by atoms with van der Waals surface area (Å²) in [5.41, 5.74) is 0.676. The fourth-order valence-electron chi connectivity index (χ4n) is 3.54. The molecular weight excluding hydrogens is 274 g/mol. The van der Waals surface area contributed by atoms with Gasteiger partial charge in [0.25, 0.3) is 0 Å². The van der Waals surface area contributed by atoms with Crippen LogP contribution in [0.25, 0.3) is 0 Å². The monoisotopic (exact) mass is 299 g/mol. The van der Waals surface area contributed by atoms with E-state index in [0.29, 0.717) is 5.56 Å². The van der Waals surface area contributed by atoms with E-state index in [2.05, 4.69) is 15.9 Å². The molecule has 0 aromatic heterocycles. The Labute approximate surface area is 133 Å². The van der Waals surface area contributed by atoms with Crippen molar-refractivity contribution in [2.45, 2.75) is 31.7 Å². The zero-order chi connectivity index (χ0) is 15.2. The lowest BCUT2D eigenvalue weighted by Crippen LogP contribution is -2.50. The molecule has 0 amide bonds. The molecule has 1 heterocycles. The van der Waals surface area contributed by atoms with Crippen LogP contribution >= 0.6 is 0 Å². The average Bonchev–Trinajstić information content (AvgIpc) is 3.11. The summed E-state index contributed by atoms with van der Waals surface area (Å²) in [6, 6.07) is 10.3. The first kappa shape index (κ1) is 15.3. The number of hydrogen-bond acceptors (Lipinski definition) is 4. The maximum atomic E-state index is 8.77. The van der Waals surface area contributed by atoms with Crippen LogP contribution in [0.4, 0.5) is 0 Å². The summed E-state index contributed by atoms with van der Waals surface area (Å²) in [6.07, 6.45) is 5.65. The van der Waals surface area contributed by atoms with E-state index in [1.807, 2.05) is 12.1 Å². The first-order valence-electron chi connectivity index (χ1n) is 8.44. The summed E-state index contributed by atoms with van der Waals surface area (Å²) in [7, 11) is 0. The Hall–Kier alpha value is -1.57. The number of nitriles is 1. The molecule has 118 valence electrons. The minimum Gasteiger partial charge on any atom is -0.492 e. The summed E-state index contributed by atoms with van der Waals surface area (Å²) in [4.78, 5) is 5.18. The second-order valence-corrected chi connectivity index (χ2v) is 6.30. The van der Waals surface area contributed by atoms with Crippen LogP contribution in [-0.4, -0.2) is 55.2 Å². The van der Waals surface area contributed by atoms with Crippen molar-refractivity contribution in [3.8, 4) is 11.8 Å². The average molecular weight is 299 g/mol. The second kappa shape index (κ2) is 7.62. The predicted molar refractivity (Wildman–Crippen MR) is 86.9 cm³/mol. The minimum absolute atomic E-state index is 0.676.